The van der Waals surface area contributed by atoms with E-state index in [1.165, 1.54) is 0 Å². The van der Waals surface area contributed by atoms with Crippen LogP contribution in [0, 0.1) is 0 Å². The first-order chi connectivity index (χ1) is 11.1. The largest absolute Gasteiger partial charge is 0.456 e. The molecule has 0 aromatic carbocycles. The van der Waals surface area contributed by atoms with E-state index < -0.39 is 54.9 Å². The quantitative estimate of drug-likeness (QED) is 0.331. The molecular formula is C14H20O9S. The minimum absolute atomic E-state index is 0.729. The zero-order valence-corrected chi connectivity index (χ0v) is 14.5. The van der Waals surface area contributed by atoms with Gasteiger partial charge in [-0.3, -0.25) is 19.2 Å². The zero-order chi connectivity index (χ0) is 18.9. The summed E-state index contributed by atoms with van der Waals surface area (Å²) in [5.74, 6) is -3.08. The number of carbonyl (C=O) groups excluding carboxylic acids is 4. The molecule has 0 fully saturated rings. The molecule has 0 aromatic heterocycles. The molecule has 0 spiro atoms. The lowest BCUT2D eigenvalue weighted by Gasteiger charge is -2.33. The van der Waals surface area contributed by atoms with Gasteiger partial charge in [-0.25, -0.2) is 0 Å². The Bertz CT molecular complexity index is 491. The van der Waals surface area contributed by atoms with Gasteiger partial charge in [-0.2, -0.15) is 0 Å². The van der Waals surface area contributed by atoms with Crippen molar-refractivity contribution in [3.63, 3.8) is 0 Å². The number of thiocarbonyl (C=S) groups is 1. The number of aliphatic hydroxyl groups excluding tert-OH is 1. The van der Waals surface area contributed by atoms with Crippen LogP contribution in [-0.2, 0) is 38.1 Å². The second kappa shape index (κ2) is 10.7. The molecule has 4 atom stereocenters. The molecule has 10 heteroatoms. The van der Waals surface area contributed by atoms with E-state index in [0.29, 0.717) is 0 Å². The normalized spacial score (nSPS) is 15.2. The van der Waals surface area contributed by atoms with Gasteiger partial charge in [0, 0.05) is 33.1 Å². The van der Waals surface area contributed by atoms with Crippen LogP contribution in [-0.4, -0.2) is 65.4 Å². The second-order valence-electron chi connectivity index (χ2n) is 4.69. The first-order valence-electron chi connectivity index (χ1n) is 6.87. The van der Waals surface area contributed by atoms with Gasteiger partial charge in [0.05, 0.1) is 6.61 Å². The number of ether oxygens (including phenoxy) is 4. The van der Waals surface area contributed by atoms with Crippen molar-refractivity contribution in [2.75, 3.05) is 6.61 Å². The topological polar surface area (TPSA) is 125 Å². The Morgan fingerprint density at radius 3 is 1.58 bits per heavy atom. The van der Waals surface area contributed by atoms with Crippen molar-refractivity contribution >= 4 is 41.5 Å². The summed E-state index contributed by atoms with van der Waals surface area (Å²) in [6, 6.07) is 0. The molecule has 1 N–H and O–H groups in total. The first-order valence-corrected chi connectivity index (χ1v) is 7.34. The molecule has 0 rings (SSSR count). The van der Waals surface area contributed by atoms with Crippen molar-refractivity contribution in [2.45, 2.75) is 52.1 Å². The third kappa shape index (κ3) is 7.97. The van der Waals surface area contributed by atoms with E-state index in [9.17, 15) is 24.3 Å². The summed E-state index contributed by atoms with van der Waals surface area (Å²) in [7, 11) is 0. The molecule has 136 valence electrons. The van der Waals surface area contributed by atoms with Crippen molar-refractivity contribution in [3.05, 3.63) is 0 Å². The number of esters is 4. The summed E-state index contributed by atoms with van der Waals surface area (Å²) < 4.78 is 19.9. The highest BCUT2D eigenvalue weighted by atomic mass is 32.1. The Balaban J connectivity index is 5.79. The van der Waals surface area contributed by atoms with E-state index in [-0.39, 0.29) is 0 Å². The SMILES string of the molecule is CC(=O)O[C@H]([C@H](OC(C)=O)[C@@H](CO)OC(C)=O)[C@H](C=S)OC(C)=O. The summed E-state index contributed by atoms with van der Waals surface area (Å²) in [5, 5.41) is 10.4. The van der Waals surface area contributed by atoms with Crippen LogP contribution < -0.4 is 0 Å². The van der Waals surface area contributed by atoms with Gasteiger partial charge >= 0.3 is 23.9 Å². The van der Waals surface area contributed by atoms with Crippen LogP contribution in [0.3, 0.4) is 0 Å². The Hall–Kier alpha value is -2.07. The van der Waals surface area contributed by atoms with E-state index in [0.717, 1.165) is 33.1 Å². The van der Waals surface area contributed by atoms with Gasteiger partial charge in [0.1, 0.15) is 0 Å². The smallest absolute Gasteiger partial charge is 0.303 e. The molecule has 0 aromatic rings. The molecule has 0 aliphatic carbocycles. The van der Waals surface area contributed by atoms with Crippen molar-refractivity contribution < 1.29 is 43.2 Å². The fraction of sp³-hybridized carbons (Fsp3) is 0.643. The molecule has 0 bridgehead atoms. The highest BCUT2D eigenvalue weighted by molar-refractivity contribution is 7.79. The van der Waals surface area contributed by atoms with Crippen molar-refractivity contribution in [3.8, 4) is 0 Å². The number of hydrogen-bond acceptors (Lipinski definition) is 10. The van der Waals surface area contributed by atoms with E-state index in [2.05, 4.69) is 0 Å². The van der Waals surface area contributed by atoms with Crippen LogP contribution in [0.1, 0.15) is 27.7 Å². The van der Waals surface area contributed by atoms with Crippen LogP contribution >= 0.6 is 12.2 Å². The molecule has 0 aliphatic rings. The number of carbonyl (C=O) groups is 4. The maximum atomic E-state index is 11.4. The minimum Gasteiger partial charge on any atom is -0.456 e. The monoisotopic (exact) mass is 364 g/mol. The van der Waals surface area contributed by atoms with Gasteiger partial charge in [0.2, 0.25) is 0 Å². The van der Waals surface area contributed by atoms with Gasteiger partial charge in [-0.1, -0.05) is 12.2 Å². The van der Waals surface area contributed by atoms with Crippen molar-refractivity contribution in [2.24, 2.45) is 0 Å². The lowest BCUT2D eigenvalue weighted by atomic mass is 10.0. The number of aliphatic hydroxyl groups is 1. The second-order valence-corrected chi connectivity index (χ2v) is 4.96. The maximum absolute atomic E-state index is 11.4. The molecule has 0 unspecified atom stereocenters. The van der Waals surface area contributed by atoms with Crippen LogP contribution in [0.4, 0.5) is 0 Å². The Morgan fingerprint density at radius 2 is 1.25 bits per heavy atom. The third-order valence-corrected chi connectivity index (χ3v) is 2.82. The highest BCUT2D eigenvalue weighted by Gasteiger charge is 2.42. The standard InChI is InChI=1S/C14H20O9S/c1-7(16)20-11(5-15)13(22-9(3)18)14(23-10(4)19)12(6-24)21-8(2)17/h6,11-15H,5H2,1-4H3/t11-,12+,13-,14+/m1/s1. The summed E-state index contributed by atoms with van der Waals surface area (Å²) >= 11 is 4.76. The fourth-order valence-electron chi connectivity index (χ4n) is 1.84. The molecule has 0 radical (unpaired) electrons. The van der Waals surface area contributed by atoms with E-state index >= 15 is 0 Å². The Labute approximate surface area is 144 Å². The average Bonchev–Trinajstić information content (AvgIpc) is 2.45. The van der Waals surface area contributed by atoms with Crippen molar-refractivity contribution in [1.29, 1.82) is 0 Å². The van der Waals surface area contributed by atoms with E-state index in [1.807, 2.05) is 0 Å². The Kier molecular flexibility index (Phi) is 9.74. The predicted molar refractivity (Wildman–Crippen MR) is 83.0 cm³/mol. The van der Waals surface area contributed by atoms with Crippen LogP contribution in [0.5, 0.6) is 0 Å². The molecule has 0 aliphatic heterocycles. The van der Waals surface area contributed by atoms with Gasteiger partial charge in [-0.05, 0) is 0 Å². The minimum atomic E-state index is -1.44. The average molecular weight is 364 g/mol. The molecule has 9 nitrogen and oxygen atoms in total. The fourth-order valence-corrected chi connectivity index (χ4v) is 2.05. The summed E-state index contributed by atoms with van der Waals surface area (Å²) in [4.78, 5) is 45.1. The lowest BCUT2D eigenvalue weighted by molar-refractivity contribution is -0.195. The maximum Gasteiger partial charge on any atom is 0.303 e. The van der Waals surface area contributed by atoms with Crippen molar-refractivity contribution in [1.82, 2.24) is 0 Å². The number of hydrogen-bond donors (Lipinski definition) is 1. The molecule has 0 amide bonds. The van der Waals surface area contributed by atoms with Gasteiger partial charge in [-0.15, -0.1) is 0 Å². The lowest BCUT2D eigenvalue weighted by Crippen LogP contribution is -2.53. The summed E-state index contributed by atoms with van der Waals surface area (Å²) in [5.41, 5.74) is 0. The molecule has 0 heterocycles. The van der Waals surface area contributed by atoms with E-state index in [1.54, 1.807) is 0 Å². The van der Waals surface area contributed by atoms with Crippen LogP contribution in [0.15, 0.2) is 0 Å². The first kappa shape index (κ1) is 21.9. The molecule has 0 saturated carbocycles. The molecule has 24 heavy (non-hydrogen) atoms. The van der Waals surface area contributed by atoms with Gasteiger partial charge < -0.3 is 24.1 Å². The number of rotatable bonds is 9. The van der Waals surface area contributed by atoms with Gasteiger partial charge in [0.15, 0.2) is 24.4 Å². The third-order valence-electron chi connectivity index (χ3n) is 2.55. The summed E-state index contributed by atoms with van der Waals surface area (Å²) in [6.07, 6.45) is -5.48. The summed E-state index contributed by atoms with van der Waals surface area (Å²) in [6.45, 7) is 3.59. The van der Waals surface area contributed by atoms with Crippen LogP contribution in [0.2, 0.25) is 0 Å². The van der Waals surface area contributed by atoms with Crippen LogP contribution in [0.25, 0.3) is 0 Å². The molecule has 0 saturated heterocycles. The van der Waals surface area contributed by atoms with E-state index in [4.69, 9.17) is 31.2 Å². The highest BCUT2D eigenvalue weighted by Crippen LogP contribution is 2.18. The van der Waals surface area contributed by atoms with Gasteiger partial charge in [0.25, 0.3) is 0 Å². The molecular weight excluding hydrogens is 344 g/mol. The zero-order valence-electron chi connectivity index (χ0n) is 13.7. The predicted octanol–water partition coefficient (Wildman–Crippen LogP) is -0.295. The Morgan fingerprint density at radius 1 is 0.833 bits per heavy atom.